The molecule has 1 amide bonds. The first-order valence-corrected chi connectivity index (χ1v) is 9.53. The molecule has 7 heteroatoms. The second-order valence-corrected chi connectivity index (χ2v) is 6.73. The van der Waals surface area contributed by atoms with Gasteiger partial charge in [0.2, 0.25) is 0 Å². The van der Waals surface area contributed by atoms with Crippen LogP contribution < -0.4 is 10.9 Å². The minimum Gasteiger partial charge on any atom is -0.461 e. The fourth-order valence-electron chi connectivity index (χ4n) is 2.62. The summed E-state index contributed by atoms with van der Waals surface area (Å²) in [5, 5.41) is 6.96. The van der Waals surface area contributed by atoms with Crippen molar-refractivity contribution in [2.45, 2.75) is 26.4 Å². The summed E-state index contributed by atoms with van der Waals surface area (Å²) in [6.45, 7) is 2.18. The quantitative estimate of drug-likeness (QED) is 0.498. The molecule has 2 heterocycles. The van der Waals surface area contributed by atoms with Crippen LogP contribution in [-0.4, -0.2) is 18.4 Å². The highest BCUT2D eigenvalue weighted by Crippen LogP contribution is 2.20. The van der Waals surface area contributed by atoms with Gasteiger partial charge in [0, 0.05) is 34.5 Å². The average molecular weight is 385 g/mol. The molecule has 0 atom stereocenters. The fraction of sp³-hybridized carbons (Fsp3) is 0.250. The summed E-state index contributed by atoms with van der Waals surface area (Å²) in [6.07, 6.45) is 0.880. The summed E-state index contributed by atoms with van der Waals surface area (Å²) in [7, 11) is 0. The molecule has 0 radical (unpaired) electrons. The van der Waals surface area contributed by atoms with Crippen molar-refractivity contribution in [3.05, 3.63) is 68.2 Å². The number of hydrogen-bond acceptors (Lipinski definition) is 6. The third-order valence-corrected chi connectivity index (χ3v) is 4.77. The summed E-state index contributed by atoms with van der Waals surface area (Å²) in [5.41, 5.74) is 2.23. The normalized spacial score (nSPS) is 10.7. The second-order valence-electron chi connectivity index (χ2n) is 5.95. The maximum Gasteiger partial charge on any atom is 0.336 e. The SMILES string of the molecule is CCc1ccc2c(COC(=O)CCNC(=O)c3ccsc3)cc(=O)oc2c1. The van der Waals surface area contributed by atoms with Crippen LogP contribution in [0.25, 0.3) is 11.0 Å². The Bertz CT molecular complexity index is 1010. The van der Waals surface area contributed by atoms with Crippen molar-refractivity contribution in [1.29, 1.82) is 0 Å². The van der Waals surface area contributed by atoms with Crippen LogP contribution in [0.3, 0.4) is 0 Å². The molecular formula is C20H19NO5S. The number of carbonyl (C=O) groups excluding carboxylic acids is 2. The Labute approximate surface area is 159 Å². The average Bonchev–Trinajstić information content (AvgIpc) is 3.20. The van der Waals surface area contributed by atoms with Gasteiger partial charge in [-0.1, -0.05) is 19.1 Å². The van der Waals surface area contributed by atoms with E-state index in [0.29, 0.717) is 16.7 Å². The van der Waals surface area contributed by atoms with Gasteiger partial charge in [-0.2, -0.15) is 11.3 Å². The first-order valence-electron chi connectivity index (χ1n) is 8.58. The lowest BCUT2D eigenvalue weighted by Gasteiger charge is -2.08. The Kier molecular flexibility index (Phi) is 6.03. The Morgan fingerprint density at radius 3 is 2.81 bits per heavy atom. The van der Waals surface area contributed by atoms with E-state index in [4.69, 9.17) is 9.15 Å². The predicted molar refractivity (Wildman–Crippen MR) is 103 cm³/mol. The van der Waals surface area contributed by atoms with E-state index in [1.807, 2.05) is 30.5 Å². The number of nitrogens with one attached hydrogen (secondary N) is 1. The molecule has 1 aromatic carbocycles. The van der Waals surface area contributed by atoms with E-state index in [9.17, 15) is 14.4 Å². The Balaban J connectivity index is 1.57. The Hall–Kier alpha value is -2.93. The molecule has 0 saturated carbocycles. The van der Waals surface area contributed by atoms with E-state index in [0.717, 1.165) is 17.4 Å². The van der Waals surface area contributed by atoms with Crippen LogP contribution in [0.1, 0.15) is 34.8 Å². The molecule has 0 spiro atoms. The number of carbonyl (C=O) groups is 2. The molecule has 3 aromatic rings. The molecule has 0 unspecified atom stereocenters. The van der Waals surface area contributed by atoms with Gasteiger partial charge in [0.05, 0.1) is 6.42 Å². The zero-order valence-corrected chi connectivity index (χ0v) is 15.6. The summed E-state index contributed by atoms with van der Waals surface area (Å²) >= 11 is 1.43. The number of aryl methyl sites for hydroxylation is 1. The van der Waals surface area contributed by atoms with Crippen molar-refractivity contribution in [2.75, 3.05) is 6.54 Å². The maximum absolute atomic E-state index is 11.9. The van der Waals surface area contributed by atoms with Crippen molar-refractivity contribution in [3.8, 4) is 0 Å². The smallest absolute Gasteiger partial charge is 0.336 e. The molecule has 2 aromatic heterocycles. The van der Waals surface area contributed by atoms with Crippen molar-refractivity contribution >= 4 is 34.2 Å². The van der Waals surface area contributed by atoms with Gasteiger partial charge in [-0.3, -0.25) is 9.59 Å². The third-order valence-electron chi connectivity index (χ3n) is 4.09. The Morgan fingerprint density at radius 2 is 2.07 bits per heavy atom. The first kappa shape index (κ1) is 18.8. The second kappa shape index (κ2) is 8.64. The first-order chi connectivity index (χ1) is 13.1. The van der Waals surface area contributed by atoms with Gasteiger partial charge in [0.1, 0.15) is 12.2 Å². The van der Waals surface area contributed by atoms with Gasteiger partial charge in [-0.15, -0.1) is 0 Å². The number of hydrogen-bond donors (Lipinski definition) is 1. The van der Waals surface area contributed by atoms with Crippen molar-refractivity contribution in [2.24, 2.45) is 0 Å². The molecule has 6 nitrogen and oxygen atoms in total. The molecule has 27 heavy (non-hydrogen) atoms. The largest absolute Gasteiger partial charge is 0.461 e. The molecule has 0 aliphatic rings. The third kappa shape index (κ3) is 4.83. The van der Waals surface area contributed by atoms with Gasteiger partial charge >= 0.3 is 11.6 Å². The lowest BCUT2D eigenvalue weighted by molar-refractivity contribution is -0.144. The molecule has 0 saturated heterocycles. The zero-order chi connectivity index (χ0) is 19.2. The summed E-state index contributed by atoms with van der Waals surface area (Å²) in [6, 6.07) is 8.69. The van der Waals surface area contributed by atoms with Crippen LogP contribution >= 0.6 is 11.3 Å². The maximum atomic E-state index is 11.9. The highest BCUT2D eigenvalue weighted by molar-refractivity contribution is 7.08. The standard InChI is InChI=1S/C20H19NO5S/c1-2-13-3-4-16-15(10-19(23)26-17(16)9-13)11-25-18(22)5-7-21-20(24)14-6-8-27-12-14/h3-4,6,8-10,12H,2,5,7,11H2,1H3,(H,21,24). The van der Waals surface area contributed by atoms with Crippen LogP contribution in [0.5, 0.6) is 0 Å². The summed E-state index contributed by atoms with van der Waals surface area (Å²) < 4.78 is 10.5. The van der Waals surface area contributed by atoms with Gasteiger partial charge in [0.15, 0.2) is 0 Å². The van der Waals surface area contributed by atoms with E-state index in [-0.39, 0.29) is 25.5 Å². The van der Waals surface area contributed by atoms with E-state index in [2.05, 4.69) is 5.32 Å². The number of thiophene rings is 1. The topological polar surface area (TPSA) is 85.6 Å². The summed E-state index contributed by atoms with van der Waals surface area (Å²) in [4.78, 5) is 35.5. The lowest BCUT2D eigenvalue weighted by atomic mass is 10.1. The number of esters is 1. The van der Waals surface area contributed by atoms with E-state index in [1.54, 1.807) is 11.4 Å². The highest BCUT2D eigenvalue weighted by atomic mass is 32.1. The van der Waals surface area contributed by atoms with E-state index in [1.165, 1.54) is 17.4 Å². The van der Waals surface area contributed by atoms with Crippen molar-refractivity contribution in [3.63, 3.8) is 0 Å². The van der Waals surface area contributed by atoms with Gasteiger partial charge in [-0.05, 0) is 29.5 Å². The molecule has 140 valence electrons. The summed E-state index contributed by atoms with van der Waals surface area (Å²) in [5.74, 6) is -0.672. The monoisotopic (exact) mass is 385 g/mol. The minimum atomic E-state index is -0.482. The van der Waals surface area contributed by atoms with Crippen LogP contribution in [0, 0.1) is 0 Å². The number of amides is 1. The molecule has 0 aliphatic heterocycles. The zero-order valence-electron chi connectivity index (χ0n) is 14.8. The van der Waals surface area contributed by atoms with Crippen molar-refractivity contribution in [1.82, 2.24) is 5.32 Å². The number of ether oxygens (including phenoxy) is 1. The predicted octanol–water partition coefficient (Wildman–Crippen LogP) is 3.28. The van der Waals surface area contributed by atoms with Crippen LogP contribution in [0.2, 0.25) is 0 Å². The molecule has 0 aliphatic carbocycles. The number of benzene rings is 1. The van der Waals surface area contributed by atoms with E-state index < -0.39 is 11.6 Å². The molecule has 1 N–H and O–H groups in total. The Morgan fingerprint density at radius 1 is 1.22 bits per heavy atom. The van der Waals surface area contributed by atoms with Gasteiger partial charge in [-0.25, -0.2) is 4.79 Å². The fourth-order valence-corrected chi connectivity index (χ4v) is 3.25. The molecule has 3 rings (SSSR count). The van der Waals surface area contributed by atoms with Crippen LogP contribution in [0.15, 0.2) is 50.3 Å². The molecular weight excluding hydrogens is 366 g/mol. The van der Waals surface area contributed by atoms with E-state index >= 15 is 0 Å². The molecule has 0 fully saturated rings. The molecule has 0 bridgehead atoms. The van der Waals surface area contributed by atoms with Crippen molar-refractivity contribution < 1.29 is 18.7 Å². The number of rotatable bonds is 7. The van der Waals surface area contributed by atoms with Crippen LogP contribution in [0.4, 0.5) is 0 Å². The lowest BCUT2D eigenvalue weighted by Crippen LogP contribution is -2.26. The number of fused-ring (bicyclic) bond motifs is 1. The van der Waals surface area contributed by atoms with Gasteiger partial charge < -0.3 is 14.5 Å². The highest BCUT2D eigenvalue weighted by Gasteiger charge is 2.11. The van der Waals surface area contributed by atoms with Gasteiger partial charge in [0.25, 0.3) is 5.91 Å². The minimum absolute atomic E-state index is 0.0229. The van der Waals surface area contributed by atoms with Crippen LogP contribution in [-0.2, 0) is 22.6 Å².